The Morgan fingerprint density at radius 2 is 1.39 bits per heavy atom. The zero-order valence-corrected chi connectivity index (χ0v) is 15.5. The molecule has 1 heterocycles. The van der Waals surface area contributed by atoms with E-state index in [4.69, 9.17) is 0 Å². The van der Waals surface area contributed by atoms with E-state index in [-0.39, 0.29) is 43.0 Å². The molecule has 0 aliphatic carbocycles. The summed E-state index contributed by atoms with van der Waals surface area (Å²) < 4.78 is 0. The van der Waals surface area contributed by atoms with Gasteiger partial charge in [0.1, 0.15) is 0 Å². The van der Waals surface area contributed by atoms with Crippen molar-refractivity contribution in [3.05, 3.63) is 59.7 Å². The first-order valence-corrected chi connectivity index (χ1v) is 9.09. The molecule has 0 aromatic heterocycles. The Hall–Kier alpha value is -3.48. The van der Waals surface area contributed by atoms with Crippen molar-refractivity contribution in [2.24, 2.45) is 0 Å². The zero-order chi connectivity index (χ0) is 20.1. The maximum absolute atomic E-state index is 12.4. The van der Waals surface area contributed by atoms with E-state index < -0.39 is 0 Å². The lowest BCUT2D eigenvalue weighted by atomic mass is 10.1. The van der Waals surface area contributed by atoms with E-state index in [0.29, 0.717) is 23.4 Å². The molecule has 1 aliphatic heterocycles. The van der Waals surface area contributed by atoms with Gasteiger partial charge in [0.25, 0.3) is 5.91 Å². The summed E-state index contributed by atoms with van der Waals surface area (Å²) in [6.45, 7) is 2.00. The van der Waals surface area contributed by atoms with Gasteiger partial charge in [-0.2, -0.15) is 0 Å². The van der Waals surface area contributed by atoms with Crippen LogP contribution in [0.15, 0.2) is 48.5 Å². The number of imide groups is 1. The highest BCUT2D eigenvalue weighted by atomic mass is 16.2. The summed E-state index contributed by atoms with van der Waals surface area (Å²) in [6, 6.07) is 13.6. The molecule has 2 aromatic carbocycles. The minimum Gasteiger partial charge on any atom is -0.326 e. The van der Waals surface area contributed by atoms with Gasteiger partial charge in [0.15, 0.2) is 0 Å². The molecule has 0 bridgehead atoms. The van der Waals surface area contributed by atoms with Crippen LogP contribution in [-0.2, 0) is 20.9 Å². The van der Waals surface area contributed by atoms with Crippen molar-refractivity contribution in [1.82, 2.24) is 4.90 Å². The van der Waals surface area contributed by atoms with Crippen LogP contribution in [0.5, 0.6) is 0 Å². The fraction of sp³-hybridized carbons (Fsp3) is 0.238. The van der Waals surface area contributed by atoms with E-state index in [1.165, 1.54) is 4.90 Å². The minimum atomic E-state index is -0.273. The number of hydrogen-bond acceptors (Lipinski definition) is 4. The lowest BCUT2D eigenvalue weighted by Gasteiger charge is -2.14. The van der Waals surface area contributed by atoms with Crippen LogP contribution in [0.2, 0.25) is 0 Å². The van der Waals surface area contributed by atoms with E-state index in [2.05, 4.69) is 10.6 Å². The maximum atomic E-state index is 12.4. The quantitative estimate of drug-likeness (QED) is 0.755. The largest absolute Gasteiger partial charge is 0.326 e. The molecule has 144 valence electrons. The van der Waals surface area contributed by atoms with Gasteiger partial charge in [-0.25, -0.2) is 0 Å². The predicted octanol–water partition coefficient (Wildman–Crippen LogP) is 2.94. The number of hydrogen-bond donors (Lipinski definition) is 2. The number of benzene rings is 2. The van der Waals surface area contributed by atoms with E-state index in [1.807, 2.05) is 0 Å². The first kappa shape index (κ1) is 19.3. The average molecular weight is 379 g/mol. The minimum absolute atomic E-state index is 0.0748. The SMILES string of the molecule is CCC(=O)Nc1ccc(NC(=O)c2ccc(CN3C(=O)CCC3=O)cc2)cc1. The van der Waals surface area contributed by atoms with Gasteiger partial charge in [0.05, 0.1) is 6.54 Å². The third kappa shape index (κ3) is 4.62. The molecule has 3 rings (SSSR count). The summed E-state index contributed by atoms with van der Waals surface area (Å²) in [6.07, 6.45) is 0.926. The van der Waals surface area contributed by atoms with E-state index in [9.17, 15) is 19.2 Å². The number of carbonyl (C=O) groups excluding carboxylic acids is 4. The van der Waals surface area contributed by atoms with Crippen LogP contribution in [0, 0.1) is 0 Å². The molecule has 1 fully saturated rings. The predicted molar refractivity (Wildman–Crippen MR) is 105 cm³/mol. The van der Waals surface area contributed by atoms with Crippen molar-refractivity contribution in [1.29, 1.82) is 0 Å². The van der Waals surface area contributed by atoms with Gasteiger partial charge in [-0.15, -0.1) is 0 Å². The third-order valence-corrected chi connectivity index (χ3v) is 4.46. The van der Waals surface area contributed by atoms with Crippen LogP contribution in [0.1, 0.15) is 42.1 Å². The Kier molecular flexibility index (Phi) is 5.84. The van der Waals surface area contributed by atoms with Crippen LogP contribution in [0.25, 0.3) is 0 Å². The normalized spacial score (nSPS) is 13.5. The van der Waals surface area contributed by atoms with E-state index in [1.54, 1.807) is 55.5 Å². The molecule has 1 aliphatic rings. The molecule has 28 heavy (non-hydrogen) atoms. The molecule has 1 saturated heterocycles. The monoisotopic (exact) mass is 379 g/mol. The van der Waals surface area contributed by atoms with E-state index >= 15 is 0 Å². The van der Waals surface area contributed by atoms with Crippen LogP contribution in [-0.4, -0.2) is 28.5 Å². The van der Waals surface area contributed by atoms with Crippen molar-refractivity contribution >= 4 is 35.0 Å². The Labute approximate surface area is 162 Å². The van der Waals surface area contributed by atoms with Gasteiger partial charge in [-0.1, -0.05) is 19.1 Å². The number of rotatable bonds is 6. The molecule has 0 unspecified atom stereocenters. The summed E-state index contributed by atoms with van der Waals surface area (Å²) in [5.74, 6) is -0.671. The molecule has 0 spiro atoms. The molecular weight excluding hydrogens is 358 g/mol. The molecule has 0 atom stereocenters. The second-order valence-corrected chi connectivity index (χ2v) is 6.50. The van der Waals surface area contributed by atoms with Crippen molar-refractivity contribution in [2.45, 2.75) is 32.7 Å². The van der Waals surface area contributed by atoms with Gasteiger partial charge in [0.2, 0.25) is 17.7 Å². The highest BCUT2D eigenvalue weighted by Gasteiger charge is 2.28. The topological polar surface area (TPSA) is 95.6 Å². The highest BCUT2D eigenvalue weighted by molar-refractivity contribution is 6.04. The number of likely N-dealkylation sites (tertiary alicyclic amines) is 1. The van der Waals surface area contributed by atoms with Crippen molar-refractivity contribution in [3.8, 4) is 0 Å². The summed E-state index contributed by atoms with van der Waals surface area (Å²) in [5.41, 5.74) is 2.53. The number of nitrogens with one attached hydrogen (secondary N) is 2. The third-order valence-electron chi connectivity index (χ3n) is 4.46. The fourth-order valence-electron chi connectivity index (χ4n) is 2.83. The summed E-state index contributed by atoms with van der Waals surface area (Å²) in [4.78, 5) is 48.4. The molecule has 0 saturated carbocycles. The molecule has 7 nitrogen and oxygen atoms in total. The maximum Gasteiger partial charge on any atom is 0.255 e. The zero-order valence-electron chi connectivity index (χ0n) is 15.5. The fourth-order valence-corrected chi connectivity index (χ4v) is 2.83. The van der Waals surface area contributed by atoms with Crippen LogP contribution < -0.4 is 10.6 Å². The lowest BCUT2D eigenvalue weighted by Crippen LogP contribution is -2.28. The Bertz CT molecular complexity index is 888. The first-order valence-electron chi connectivity index (χ1n) is 9.09. The van der Waals surface area contributed by atoms with Gasteiger partial charge in [-0.05, 0) is 42.0 Å². The van der Waals surface area contributed by atoms with Crippen molar-refractivity contribution < 1.29 is 19.2 Å². The van der Waals surface area contributed by atoms with Gasteiger partial charge in [0, 0.05) is 36.2 Å². The highest BCUT2D eigenvalue weighted by Crippen LogP contribution is 2.18. The Balaban J connectivity index is 1.59. The number of nitrogens with zero attached hydrogens (tertiary/aromatic N) is 1. The number of amides is 4. The smallest absolute Gasteiger partial charge is 0.255 e. The van der Waals surface area contributed by atoms with E-state index in [0.717, 1.165) is 5.56 Å². The molecule has 2 N–H and O–H groups in total. The van der Waals surface area contributed by atoms with Gasteiger partial charge in [-0.3, -0.25) is 24.1 Å². The Morgan fingerprint density at radius 1 is 0.857 bits per heavy atom. The second kappa shape index (κ2) is 8.47. The van der Waals surface area contributed by atoms with Crippen molar-refractivity contribution in [2.75, 3.05) is 10.6 Å². The van der Waals surface area contributed by atoms with Gasteiger partial charge >= 0.3 is 0 Å². The Morgan fingerprint density at radius 3 is 1.93 bits per heavy atom. The summed E-state index contributed by atoms with van der Waals surface area (Å²) >= 11 is 0. The molecule has 2 aromatic rings. The van der Waals surface area contributed by atoms with Crippen LogP contribution in [0.4, 0.5) is 11.4 Å². The number of carbonyl (C=O) groups is 4. The lowest BCUT2D eigenvalue weighted by molar-refractivity contribution is -0.139. The van der Waals surface area contributed by atoms with Crippen LogP contribution >= 0.6 is 0 Å². The van der Waals surface area contributed by atoms with Gasteiger partial charge < -0.3 is 10.6 Å². The summed E-state index contributed by atoms with van der Waals surface area (Å²) in [5, 5.41) is 5.53. The first-order chi connectivity index (χ1) is 13.5. The second-order valence-electron chi connectivity index (χ2n) is 6.50. The molecule has 4 amide bonds. The molecular formula is C21H21N3O4. The molecule has 7 heteroatoms. The average Bonchev–Trinajstić information content (AvgIpc) is 3.02. The molecule has 0 radical (unpaired) electrons. The van der Waals surface area contributed by atoms with Crippen molar-refractivity contribution in [3.63, 3.8) is 0 Å². The van der Waals surface area contributed by atoms with Crippen LogP contribution in [0.3, 0.4) is 0 Å². The number of anilines is 2. The standard InChI is InChI=1S/C21H21N3O4/c1-2-18(25)22-16-7-9-17(10-8-16)23-21(28)15-5-3-14(4-6-15)13-24-19(26)11-12-20(24)27/h3-10H,2,11-13H2,1H3,(H,22,25)(H,23,28). The summed E-state index contributed by atoms with van der Waals surface area (Å²) in [7, 11) is 0.